The molecule has 2 heteroatoms. The van der Waals surface area contributed by atoms with E-state index < -0.39 is 19.5 Å². The first-order chi connectivity index (χ1) is 6.89. The summed E-state index contributed by atoms with van der Waals surface area (Å²) in [5.41, 5.74) is 6.15. The average molecular weight is 153 g/mol. The third-order valence-corrected chi connectivity index (χ3v) is 1.62. The summed E-state index contributed by atoms with van der Waals surface area (Å²) in [6.07, 6.45) is -0.790. The van der Waals surface area contributed by atoms with E-state index >= 15 is 0 Å². The van der Waals surface area contributed by atoms with Gasteiger partial charge in [-0.15, -0.1) is 0 Å². The number of aryl methyl sites for hydroxylation is 1. The van der Waals surface area contributed by atoms with Gasteiger partial charge in [0.2, 0.25) is 0 Å². The highest BCUT2D eigenvalue weighted by Gasteiger charge is 2.10. The lowest BCUT2D eigenvalue weighted by molar-refractivity contribution is 0.357. The van der Waals surface area contributed by atoms with Crippen LogP contribution in [0.25, 0.3) is 0 Å². The number of rotatable bonds is 1. The van der Waals surface area contributed by atoms with E-state index in [0.29, 0.717) is 16.9 Å². The van der Waals surface area contributed by atoms with E-state index in [1.807, 2.05) is 0 Å². The molecule has 2 unspecified atom stereocenters. The Balaban J connectivity index is 2.44. The van der Waals surface area contributed by atoms with Crippen molar-refractivity contribution in [2.75, 3.05) is 6.58 Å². The Morgan fingerprint density at radius 3 is 3.45 bits per heavy atom. The van der Waals surface area contributed by atoms with E-state index in [9.17, 15) is 0 Å². The zero-order valence-electron chi connectivity index (χ0n) is 9.87. The molecular formula is C9H11NO. The van der Waals surface area contributed by atoms with Crippen molar-refractivity contribution in [2.45, 2.75) is 12.9 Å². The highest BCUT2D eigenvalue weighted by atomic mass is 16.5. The molecular weight excluding hydrogens is 138 g/mol. The number of nitrogens with two attached hydrogens (primary N) is 1. The van der Waals surface area contributed by atoms with Crippen molar-refractivity contribution >= 4 is 0 Å². The van der Waals surface area contributed by atoms with Crippen LogP contribution in [-0.2, 0) is 12.9 Å². The maximum atomic E-state index is 7.65. The summed E-state index contributed by atoms with van der Waals surface area (Å²) in [5.74, 6) is 0.475. The number of hydrogen-bond acceptors (Lipinski definition) is 2. The van der Waals surface area contributed by atoms with Crippen molar-refractivity contribution in [3.05, 3.63) is 29.3 Å². The standard InChI is InChI=1S/C9H11NO/c10-6-7-1-2-9-8(5-7)3-4-11-9/h1-2,5H,3-4,6,10H2/i3D,4D,6D2. The summed E-state index contributed by atoms with van der Waals surface area (Å²) in [6, 6.07) is 4.58. The van der Waals surface area contributed by atoms with Crippen LogP contribution in [0, 0.1) is 0 Å². The normalized spacial score (nSPS) is 34.3. The Bertz CT molecular complexity index is 390. The van der Waals surface area contributed by atoms with Gasteiger partial charge in [-0.05, 0) is 17.2 Å². The van der Waals surface area contributed by atoms with Gasteiger partial charge in [-0.1, -0.05) is 12.1 Å². The quantitative estimate of drug-likeness (QED) is 0.655. The monoisotopic (exact) mass is 153 g/mol. The van der Waals surface area contributed by atoms with Gasteiger partial charge in [-0.2, -0.15) is 0 Å². The maximum absolute atomic E-state index is 7.65. The van der Waals surface area contributed by atoms with E-state index in [1.165, 1.54) is 12.1 Å². The Morgan fingerprint density at radius 1 is 1.73 bits per heavy atom. The third-order valence-electron chi connectivity index (χ3n) is 1.62. The molecule has 1 heterocycles. The largest absolute Gasteiger partial charge is 0.493 e. The lowest BCUT2D eigenvalue weighted by Crippen LogP contribution is -1.95. The van der Waals surface area contributed by atoms with Crippen LogP contribution in [0.5, 0.6) is 5.75 Å². The fraction of sp³-hybridized carbons (Fsp3) is 0.333. The van der Waals surface area contributed by atoms with Gasteiger partial charge in [0, 0.05) is 17.0 Å². The molecule has 0 amide bonds. The summed E-state index contributed by atoms with van der Waals surface area (Å²) in [6.45, 7) is -2.85. The third kappa shape index (κ3) is 1.10. The Hall–Kier alpha value is -1.02. The topological polar surface area (TPSA) is 35.2 Å². The van der Waals surface area contributed by atoms with Gasteiger partial charge in [0.15, 0.2) is 0 Å². The van der Waals surface area contributed by atoms with Crippen molar-refractivity contribution < 1.29 is 10.2 Å². The van der Waals surface area contributed by atoms with Crippen LogP contribution in [-0.4, -0.2) is 6.58 Å². The molecule has 0 aromatic heterocycles. The molecule has 58 valence electrons. The highest BCUT2D eigenvalue weighted by molar-refractivity contribution is 5.39. The molecule has 1 aromatic rings. The molecule has 0 fully saturated rings. The minimum absolute atomic E-state index is 0.302. The van der Waals surface area contributed by atoms with Crippen LogP contribution in [0.2, 0.25) is 0 Å². The van der Waals surface area contributed by atoms with Crippen LogP contribution in [0.1, 0.15) is 16.6 Å². The van der Waals surface area contributed by atoms with Crippen LogP contribution in [0.3, 0.4) is 0 Å². The predicted molar refractivity (Wildman–Crippen MR) is 43.5 cm³/mol. The zero-order chi connectivity index (χ0) is 11.2. The van der Waals surface area contributed by atoms with E-state index in [0.717, 1.165) is 0 Å². The van der Waals surface area contributed by atoms with Gasteiger partial charge < -0.3 is 10.5 Å². The minimum atomic E-state index is -1.92. The number of benzene rings is 1. The molecule has 0 radical (unpaired) electrons. The number of hydrogen-bond donors (Lipinski definition) is 1. The van der Waals surface area contributed by atoms with Gasteiger partial charge >= 0.3 is 0 Å². The summed E-state index contributed by atoms with van der Waals surface area (Å²) < 4.78 is 34.9. The summed E-state index contributed by atoms with van der Waals surface area (Å²) in [7, 11) is 0. The van der Waals surface area contributed by atoms with E-state index in [4.69, 9.17) is 16.0 Å². The predicted octanol–water partition coefficient (Wildman–Crippen LogP) is 1.08. The molecule has 2 atom stereocenters. The molecule has 1 aliphatic rings. The highest BCUT2D eigenvalue weighted by Crippen LogP contribution is 2.25. The van der Waals surface area contributed by atoms with Crippen molar-refractivity contribution in [1.82, 2.24) is 0 Å². The van der Waals surface area contributed by atoms with Crippen LogP contribution in [0.15, 0.2) is 18.2 Å². The first kappa shape index (κ1) is 3.59. The van der Waals surface area contributed by atoms with Gasteiger partial charge in [-0.25, -0.2) is 0 Å². The van der Waals surface area contributed by atoms with Crippen LogP contribution in [0.4, 0.5) is 0 Å². The second kappa shape index (κ2) is 2.55. The molecule has 2 rings (SSSR count). The molecule has 0 aliphatic carbocycles. The Labute approximate surface area is 71.6 Å². The summed E-state index contributed by atoms with van der Waals surface area (Å²) >= 11 is 0. The minimum Gasteiger partial charge on any atom is -0.493 e. The SMILES string of the molecule is [2H]C1Oc2ccc(C([2H])([2H])N)cc2C1[2H]. The maximum Gasteiger partial charge on any atom is 0.122 e. The number of fused-ring (bicyclic) bond motifs is 1. The lowest BCUT2D eigenvalue weighted by Gasteiger charge is -2.00. The van der Waals surface area contributed by atoms with Crippen molar-refractivity contribution in [3.63, 3.8) is 0 Å². The number of ether oxygens (including phenoxy) is 1. The fourth-order valence-electron chi connectivity index (χ4n) is 1.06. The molecule has 11 heavy (non-hydrogen) atoms. The van der Waals surface area contributed by atoms with E-state index in [1.54, 1.807) is 6.07 Å². The van der Waals surface area contributed by atoms with Crippen LogP contribution < -0.4 is 10.5 Å². The Morgan fingerprint density at radius 2 is 2.64 bits per heavy atom. The summed E-state index contributed by atoms with van der Waals surface area (Å²) in [5, 5.41) is 0. The van der Waals surface area contributed by atoms with Crippen molar-refractivity contribution in [3.8, 4) is 5.75 Å². The van der Waals surface area contributed by atoms with E-state index in [2.05, 4.69) is 0 Å². The summed E-state index contributed by atoms with van der Waals surface area (Å²) in [4.78, 5) is 0. The van der Waals surface area contributed by atoms with Gasteiger partial charge in [-0.3, -0.25) is 0 Å². The van der Waals surface area contributed by atoms with E-state index in [-0.39, 0.29) is 0 Å². The van der Waals surface area contributed by atoms with Crippen molar-refractivity contribution in [2.24, 2.45) is 5.73 Å². The average Bonchev–Trinajstić information content (AvgIpc) is 2.41. The van der Waals surface area contributed by atoms with Gasteiger partial charge in [0.25, 0.3) is 0 Å². The second-order valence-electron chi connectivity index (χ2n) is 2.32. The first-order valence-electron chi connectivity index (χ1n) is 5.49. The first-order valence-corrected chi connectivity index (χ1v) is 3.34. The molecule has 1 aromatic carbocycles. The molecule has 1 aliphatic heterocycles. The van der Waals surface area contributed by atoms with Gasteiger partial charge in [0.1, 0.15) is 5.75 Å². The second-order valence-corrected chi connectivity index (χ2v) is 2.32. The van der Waals surface area contributed by atoms with Gasteiger partial charge in [0.05, 0.1) is 7.95 Å². The molecule has 2 nitrogen and oxygen atoms in total. The Kier molecular flexibility index (Phi) is 0.831. The zero-order valence-corrected chi connectivity index (χ0v) is 5.87. The molecule has 0 saturated carbocycles. The van der Waals surface area contributed by atoms with Crippen molar-refractivity contribution in [1.29, 1.82) is 0 Å². The fourth-order valence-corrected chi connectivity index (χ4v) is 1.06. The molecule has 2 N–H and O–H groups in total. The molecule has 0 bridgehead atoms. The lowest BCUT2D eigenvalue weighted by atomic mass is 10.1. The molecule has 0 spiro atoms. The smallest absolute Gasteiger partial charge is 0.122 e. The van der Waals surface area contributed by atoms with Crippen LogP contribution >= 0.6 is 0 Å². The molecule has 0 saturated heterocycles.